The number of nitrogens with two attached hydrogens (primary N) is 1. The van der Waals surface area contributed by atoms with Crippen LogP contribution >= 0.6 is 0 Å². The first-order valence-corrected chi connectivity index (χ1v) is 5.71. The summed E-state index contributed by atoms with van der Waals surface area (Å²) in [7, 11) is 0. The molecular weight excluding hydrogens is 202 g/mol. The number of hydrogen-bond acceptors (Lipinski definition) is 3. The predicted octanol–water partition coefficient (Wildman–Crippen LogP) is 1.54. The number of pyridine rings is 1. The van der Waals surface area contributed by atoms with Gasteiger partial charge in [0.25, 0.3) is 5.91 Å². The summed E-state index contributed by atoms with van der Waals surface area (Å²) >= 11 is 0. The van der Waals surface area contributed by atoms with Crippen LogP contribution in [0.3, 0.4) is 0 Å². The Morgan fingerprint density at radius 3 is 2.81 bits per heavy atom. The summed E-state index contributed by atoms with van der Waals surface area (Å²) in [5, 5.41) is 0. The standard InChI is InChI=1S/C12H17N3O/c1-2-15(8-9-3-4-9)12(16)11-6-5-10(13)7-14-11/h5-7,9H,2-4,8,13H2,1H3. The van der Waals surface area contributed by atoms with Crippen molar-refractivity contribution in [3.8, 4) is 0 Å². The van der Waals surface area contributed by atoms with Crippen LogP contribution in [-0.4, -0.2) is 28.9 Å². The molecule has 0 bridgehead atoms. The average Bonchev–Trinajstić information content (AvgIpc) is 3.10. The van der Waals surface area contributed by atoms with E-state index >= 15 is 0 Å². The van der Waals surface area contributed by atoms with Crippen LogP contribution in [0.5, 0.6) is 0 Å². The van der Waals surface area contributed by atoms with Gasteiger partial charge in [0.1, 0.15) is 5.69 Å². The minimum atomic E-state index is 0.00870. The molecule has 2 N–H and O–H groups in total. The second-order valence-corrected chi connectivity index (χ2v) is 4.26. The quantitative estimate of drug-likeness (QED) is 0.835. The van der Waals surface area contributed by atoms with Crippen LogP contribution in [-0.2, 0) is 0 Å². The summed E-state index contributed by atoms with van der Waals surface area (Å²) in [6, 6.07) is 3.40. The first kappa shape index (κ1) is 10.9. The maximum Gasteiger partial charge on any atom is 0.272 e. The van der Waals surface area contributed by atoms with E-state index in [-0.39, 0.29) is 5.91 Å². The third-order valence-electron chi connectivity index (χ3n) is 2.85. The van der Waals surface area contributed by atoms with Crippen molar-refractivity contribution in [1.82, 2.24) is 9.88 Å². The third kappa shape index (κ3) is 2.51. The largest absolute Gasteiger partial charge is 0.397 e. The summed E-state index contributed by atoms with van der Waals surface area (Å²) in [6.45, 7) is 3.60. The first-order valence-electron chi connectivity index (χ1n) is 5.71. The van der Waals surface area contributed by atoms with Gasteiger partial charge in [-0.25, -0.2) is 4.98 Å². The predicted molar refractivity (Wildman–Crippen MR) is 63.0 cm³/mol. The summed E-state index contributed by atoms with van der Waals surface area (Å²) < 4.78 is 0. The number of carbonyl (C=O) groups excluding carboxylic acids is 1. The second-order valence-electron chi connectivity index (χ2n) is 4.26. The Balaban J connectivity index is 2.06. The molecule has 1 fully saturated rings. The number of carbonyl (C=O) groups is 1. The van der Waals surface area contributed by atoms with Gasteiger partial charge >= 0.3 is 0 Å². The molecule has 0 saturated heterocycles. The molecule has 0 aromatic carbocycles. The fourth-order valence-corrected chi connectivity index (χ4v) is 1.66. The first-order chi connectivity index (χ1) is 7.70. The molecule has 86 valence electrons. The van der Waals surface area contributed by atoms with E-state index in [0.717, 1.165) is 13.1 Å². The maximum absolute atomic E-state index is 12.1. The minimum absolute atomic E-state index is 0.00870. The van der Waals surface area contributed by atoms with Gasteiger partial charge in [-0.15, -0.1) is 0 Å². The number of rotatable bonds is 4. The van der Waals surface area contributed by atoms with Crippen LogP contribution < -0.4 is 5.73 Å². The molecular formula is C12H17N3O. The highest BCUT2D eigenvalue weighted by Gasteiger charge is 2.26. The van der Waals surface area contributed by atoms with E-state index in [0.29, 0.717) is 17.3 Å². The van der Waals surface area contributed by atoms with Gasteiger partial charge in [-0.05, 0) is 37.8 Å². The molecule has 0 aliphatic heterocycles. The summed E-state index contributed by atoms with van der Waals surface area (Å²) in [5.74, 6) is 0.715. The monoisotopic (exact) mass is 219 g/mol. The van der Waals surface area contributed by atoms with Gasteiger partial charge in [-0.2, -0.15) is 0 Å². The molecule has 1 heterocycles. The Morgan fingerprint density at radius 2 is 2.31 bits per heavy atom. The van der Waals surface area contributed by atoms with Crippen LogP contribution in [0.2, 0.25) is 0 Å². The molecule has 0 atom stereocenters. The van der Waals surface area contributed by atoms with Gasteiger partial charge < -0.3 is 10.6 Å². The van der Waals surface area contributed by atoms with Crippen molar-refractivity contribution in [2.24, 2.45) is 5.92 Å². The summed E-state index contributed by atoms with van der Waals surface area (Å²) in [4.78, 5) is 18.0. The van der Waals surface area contributed by atoms with Crippen LogP contribution in [0.25, 0.3) is 0 Å². The lowest BCUT2D eigenvalue weighted by Crippen LogP contribution is -2.33. The van der Waals surface area contributed by atoms with E-state index in [2.05, 4.69) is 4.98 Å². The van der Waals surface area contributed by atoms with E-state index in [1.54, 1.807) is 12.1 Å². The zero-order chi connectivity index (χ0) is 11.5. The Morgan fingerprint density at radius 1 is 1.56 bits per heavy atom. The number of nitrogens with zero attached hydrogens (tertiary/aromatic N) is 2. The maximum atomic E-state index is 12.1. The van der Waals surface area contributed by atoms with Crippen molar-refractivity contribution in [2.75, 3.05) is 18.8 Å². The van der Waals surface area contributed by atoms with Gasteiger partial charge in [0.05, 0.1) is 11.9 Å². The normalized spacial score (nSPS) is 14.8. The highest BCUT2D eigenvalue weighted by atomic mass is 16.2. The molecule has 0 spiro atoms. The lowest BCUT2D eigenvalue weighted by Gasteiger charge is -2.20. The van der Waals surface area contributed by atoms with E-state index in [1.807, 2.05) is 11.8 Å². The van der Waals surface area contributed by atoms with E-state index in [4.69, 9.17) is 5.73 Å². The smallest absolute Gasteiger partial charge is 0.272 e. The number of amides is 1. The van der Waals surface area contributed by atoms with E-state index < -0.39 is 0 Å². The number of anilines is 1. The lowest BCUT2D eigenvalue weighted by atomic mass is 10.2. The van der Waals surface area contributed by atoms with Gasteiger partial charge in [-0.3, -0.25) is 4.79 Å². The van der Waals surface area contributed by atoms with Crippen LogP contribution in [0.15, 0.2) is 18.3 Å². The number of hydrogen-bond donors (Lipinski definition) is 1. The Hall–Kier alpha value is -1.58. The molecule has 1 aliphatic carbocycles. The zero-order valence-corrected chi connectivity index (χ0v) is 9.52. The van der Waals surface area contributed by atoms with Gasteiger partial charge in [0.15, 0.2) is 0 Å². The molecule has 1 aromatic heterocycles. The number of aromatic nitrogens is 1. The molecule has 16 heavy (non-hydrogen) atoms. The highest BCUT2D eigenvalue weighted by Crippen LogP contribution is 2.29. The van der Waals surface area contributed by atoms with Crippen molar-refractivity contribution >= 4 is 11.6 Å². The average molecular weight is 219 g/mol. The van der Waals surface area contributed by atoms with Crippen LogP contribution in [0.4, 0.5) is 5.69 Å². The number of nitrogen functional groups attached to an aromatic ring is 1. The van der Waals surface area contributed by atoms with Crippen molar-refractivity contribution < 1.29 is 4.79 Å². The molecule has 1 saturated carbocycles. The highest BCUT2D eigenvalue weighted by molar-refractivity contribution is 5.92. The fourth-order valence-electron chi connectivity index (χ4n) is 1.66. The van der Waals surface area contributed by atoms with E-state index in [1.165, 1.54) is 19.0 Å². The second kappa shape index (κ2) is 4.51. The summed E-state index contributed by atoms with van der Waals surface area (Å²) in [6.07, 6.45) is 4.02. The third-order valence-corrected chi connectivity index (χ3v) is 2.85. The Labute approximate surface area is 95.5 Å². The molecule has 1 aromatic rings. The molecule has 2 rings (SSSR count). The van der Waals surface area contributed by atoms with Gasteiger partial charge in [-0.1, -0.05) is 0 Å². The van der Waals surface area contributed by atoms with Gasteiger partial charge in [0, 0.05) is 13.1 Å². The molecule has 4 nitrogen and oxygen atoms in total. The van der Waals surface area contributed by atoms with Gasteiger partial charge in [0.2, 0.25) is 0 Å². The van der Waals surface area contributed by atoms with Crippen molar-refractivity contribution in [2.45, 2.75) is 19.8 Å². The fraction of sp³-hybridized carbons (Fsp3) is 0.500. The Kier molecular flexibility index (Phi) is 3.08. The van der Waals surface area contributed by atoms with E-state index in [9.17, 15) is 4.79 Å². The minimum Gasteiger partial charge on any atom is -0.397 e. The molecule has 0 radical (unpaired) electrons. The lowest BCUT2D eigenvalue weighted by molar-refractivity contribution is 0.0751. The molecule has 4 heteroatoms. The van der Waals surface area contributed by atoms with Crippen molar-refractivity contribution in [3.05, 3.63) is 24.0 Å². The molecule has 1 amide bonds. The van der Waals surface area contributed by atoms with Crippen LogP contribution in [0.1, 0.15) is 30.3 Å². The van der Waals surface area contributed by atoms with Crippen molar-refractivity contribution in [3.63, 3.8) is 0 Å². The topological polar surface area (TPSA) is 59.2 Å². The SMILES string of the molecule is CCN(CC1CC1)C(=O)c1ccc(N)cn1. The Bertz CT molecular complexity index is 370. The molecule has 0 unspecified atom stereocenters. The molecule has 1 aliphatic rings. The summed E-state index contributed by atoms with van der Waals surface area (Å²) in [5.41, 5.74) is 6.61. The van der Waals surface area contributed by atoms with Crippen LogP contribution in [0, 0.1) is 5.92 Å². The zero-order valence-electron chi connectivity index (χ0n) is 9.52. The van der Waals surface area contributed by atoms with Crippen molar-refractivity contribution in [1.29, 1.82) is 0 Å².